The number of para-hydroxylation sites is 1. The van der Waals surface area contributed by atoms with Gasteiger partial charge in [0.2, 0.25) is 0 Å². The van der Waals surface area contributed by atoms with Crippen LogP contribution in [0.25, 0.3) is 10.9 Å². The first-order valence-corrected chi connectivity index (χ1v) is 8.68. The highest BCUT2D eigenvalue weighted by molar-refractivity contribution is 14.1. The van der Waals surface area contributed by atoms with Gasteiger partial charge in [0, 0.05) is 32.4 Å². The summed E-state index contributed by atoms with van der Waals surface area (Å²) in [5, 5.41) is 4.26. The van der Waals surface area contributed by atoms with Gasteiger partial charge in [-0.05, 0) is 58.8 Å². The molecule has 1 aliphatic heterocycles. The minimum absolute atomic E-state index is 0.0451. The number of hydrogen-bond acceptors (Lipinski definition) is 1. The molecule has 116 valence electrons. The summed E-state index contributed by atoms with van der Waals surface area (Å²) in [6.45, 7) is 1.37. The molecule has 0 bridgehead atoms. The van der Waals surface area contributed by atoms with E-state index in [4.69, 9.17) is 0 Å². The summed E-state index contributed by atoms with van der Waals surface area (Å²) >= 11 is 2.24. The third kappa shape index (κ3) is 2.81. The van der Waals surface area contributed by atoms with E-state index in [1.807, 2.05) is 35.2 Å². The van der Waals surface area contributed by atoms with Crippen LogP contribution in [0.3, 0.4) is 0 Å². The minimum atomic E-state index is -0.0451. The van der Waals surface area contributed by atoms with E-state index in [9.17, 15) is 4.79 Å². The Hall–Kier alpha value is -2.02. The topological polar surface area (TPSA) is 48.1 Å². The summed E-state index contributed by atoms with van der Waals surface area (Å²) in [7, 11) is 0. The lowest BCUT2D eigenvalue weighted by atomic mass is 10.0. The van der Waals surface area contributed by atoms with Crippen molar-refractivity contribution in [2.45, 2.75) is 13.0 Å². The highest BCUT2D eigenvalue weighted by atomic mass is 127. The number of H-pyrrole nitrogens is 1. The van der Waals surface area contributed by atoms with E-state index >= 15 is 0 Å². The van der Waals surface area contributed by atoms with Gasteiger partial charge in [-0.15, -0.1) is 0 Å². The van der Waals surface area contributed by atoms with Crippen LogP contribution in [-0.4, -0.2) is 22.5 Å². The molecule has 0 saturated heterocycles. The van der Waals surface area contributed by atoms with Crippen LogP contribution in [0.15, 0.2) is 48.5 Å². The van der Waals surface area contributed by atoms with E-state index in [0.29, 0.717) is 6.54 Å². The molecule has 3 aromatic rings. The molecular formula is C18H16IN3O. The van der Waals surface area contributed by atoms with Crippen LogP contribution in [-0.2, 0) is 13.0 Å². The van der Waals surface area contributed by atoms with Gasteiger partial charge in [0.15, 0.2) is 0 Å². The lowest BCUT2D eigenvalue weighted by Crippen LogP contribution is -2.38. The standard InChI is InChI=1S/C18H16IN3O/c19-12-4-3-5-13(10-12)20-18(23)22-9-8-15-14-6-1-2-7-16(14)21-17(15)11-22/h1-7,10,21H,8-9,11H2,(H,20,23). The number of carbonyl (C=O) groups excluding carboxylic acids is 1. The number of benzene rings is 2. The van der Waals surface area contributed by atoms with Gasteiger partial charge in [-0.1, -0.05) is 24.3 Å². The number of fused-ring (bicyclic) bond motifs is 3. The zero-order valence-electron chi connectivity index (χ0n) is 12.5. The van der Waals surface area contributed by atoms with Gasteiger partial charge in [-0.2, -0.15) is 0 Å². The van der Waals surface area contributed by atoms with Gasteiger partial charge in [0.1, 0.15) is 0 Å². The maximum atomic E-state index is 12.5. The Morgan fingerprint density at radius 2 is 2.04 bits per heavy atom. The van der Waals surface area contributed by atoms with Crippen molar-refractivity contribution in [3.05, 3.63) is 63.4 Å². The second kappa shape index (κ2) is 5.88. The van der Waals surface area contributed by atoms with Crippen LogP contribution >= 0.6 is 22.6 Å². The molecule has 5 heteroatoms. The zero-order valence-corrected chi connectivity index (χ0v) is 14.6. The molecule has 0 atom stereocenters. The zero-order chi connectivity index (χ0) is 15.8. The number of aromatic nitrogens is 1. The van der Waals surface area contributed by atoms with E-state index < -0.39 is 0 Å². The number of halogens is 1. The molecule has 1 aromatic heterocycles. The Bertz CT molecular complexity index is 887. The Morgan fingerprint density at radius 3 is 2.91 bits per heavy atom. The smallest absolute Gasteiger partial charge is 0.322 e. The van der Waals surface area contributed by atoms with Crippen molar-refractivity contribution >= 4 is 45.2 Å². The maximum Gasteiger partial charge on any atom is 0.322 e. The van der Waals surface area contributed by atoms with Crippen molar-refractivity contribution in [3.8, 4) is 0 Å². The first-order valence-electron chi connectivity index (χ1n) is 7.60. The number of aromatic amines is 1. The van der Waals surface area contributed by atoms with Gasteiger partial charge >= 0.3 is 6.03 Å². The fourth-order valence-corrected chi connectivity index (χ4v) is 3.68. The highest BCUT2D eigenvalue weighted by Crippen LogP contribution is 2.27. The average Bonchev–Trinajstić information content (AvgIpc) is 2.92. The van der Waals surface area contributed by atoms with Gasteiger partial charge in [0.25, 0.3) is 0 Å². The first kappa shape index (κ1) is 14.6. The van der Waals surface area contributed by atoms with Crippen LogP contribution in [0.4, 0.5) is 10.5 Å². The molecule has 4 rings (SSSR count). The van der Waals surface area contributed by atoms with Crippen molar-refractivity contribution in [2.75, 3.05) is 11.9 Å². The monoisotopic (exact) mass is 417 g/mol. The third-order valence-electron chi connectivity index (χ3n) is 4.25. The number of rotatable bonds is 1. The molecule has 0 radical (unpaired) electrons. The van der Waals surface area contributed by atoms with Crippen molar-refractivity contribution in [3.63, 3.8) is 0 Å². The lowest BCUT2D eigenvalue weighted by molar-refractivity contribution is 0.206. The summed E-state index contributed by atoms with van der Waals surface area (Å²) in [6.07, 6.45) is 0.888. The number of hydrogen-bond donors (Lipinski definition) is 2. The summed E-state index contributed by atoms with van der Waals surface area (Å²) in [5.74, 6) is 0. The molecular weight excluding hydrogens is 401 g/mol. The summed E-state index contributed by atoms with van der Waals surface area (Å²) in [6, 6.07) is 16.1. The van der Waals surface area contributed by atoms with Crippen LogP contribution in [0.2, 0.25) is 0 Å². The molecule has 1 aliphatic rings. The Labute approximate surface area is 148 Å². The molecule has 4 nitrogen and oxygen atoms in total. The number of nitrogens with zero attached hydrogens (tertiary/aromatic N) is 1. The van der Waals surface area contributed by atoms with Crippen molar-refractivity contribution in [1.82, 2.24) is 9.88 Å². The second-order valence-electron chi connectivity index (χ2n) is 5.74. The minimum Gasteiger partial charge on any atom is -0.357 e. The van der Waals surface area contributed by atoms with E-state index in [1.165, 1.54) is 10.9 Å². The van der Waals surface area contributed by atoms with Gasteiger partial charge in [-0.3, -0.25) is 0 Å². The Balaban J connectivity index is 1.54. The quantitative estimate of drug-likeness (QED) is 0.568. The normalized spacial score (nSPS) is 13.9. The van der Waals surface area contributed by atoms with Gasteiger partial charge < -0.3 is 15.2 Å². The van der Waals surface area contributed by atoms with E-state index in [1.54, 1.807) is 0 Å². The molecule has 0 spiro atoms. The van der Waals surface area contributed by atoms with Crippen molar-refractivity contribution in [2.24, 2.45) is 0 Å². The predicted molar refractivity (Wildman–Crippen MR) is 101 cm³/mol. The molecule has 2 aromatic carbocycles. The first-order chi connectivity index (χ1) is 11.2. The number of nitrogens with one attached hydrogen (secondary N) is 2. The van der Waals surface area contributed by atoms with Gasteiger partial charge in [0.05, 0.1) is 6.54 Å². The number of amides is 2. The molecule has 23 heavy (non-hydrogen) atoms. The van der Waals surface area contributed by atoms with Crippen molar-refractivity contribution in [1.29, 1.82) is 0 Å². The lowest BCUT2D eigenvalue weighted by Gasteiger charge is -2.27. The fraction of sp³-hybridized carbons (Fsp3) is 0.167. The summed E-state index contributed by atoms with van der Waals surface area (Å²) in [5.41, 5.74) is 4.48. The third-order valence-corrected chi connectivity index (χ3v) is 4.92. The van der Waals surface area contributed by atoms with Crippen molar-refractivity contribution < 1.29 is 4.79 Å². The number of urea groups is 1. The molecule has 0 aliphatic carbocycles. The average molecular weight is 417 g/mol. The number of carbonyl (C=O) groups is 1. The Morgan fingerprint density at radius 1 is 1.17 bits per heavy atom. The van der Waals surface area contributed by atoms with Crippen LogP contribution in [0, 0.1) is 3.57 Å². The van der Waals surface area contributed by atoms with E-state index in [0.717, 1.165) is 33.4 Å². The Kier molecular flexibility index (Phi) is 3.72. The SMILES string of the molecule is O=C(Nc1cccc(I)c1)N1CCc2c([nH]c3ccccc23)C1. The summed E-state index contributed by atoms with van der Waals surface area (Å²) in [4.78, 5) is 17.8. The second-order valence-corrected chi connectivity index (χ2v) is 6.99. The van der Waals surface area contributed by atoms with Crippen LogP contribution in [0.1, 0.15) is 11.3 Å². The maximum absolute atomic E-state index is 12.5. The molecule has 2 heterocycles. The highest BCUT2D eigenvalue weighted by Gasteiger charge is 2.23. The van der Waals surface area contributed by atoms with Crippen LogP contribution < -0.4 is 5.32 Å². The predicted octanol–water partition coefficient (Wildman–Crippen LogP) is 4.36. The molecule has 0 saturated carbocycles. The molecule has 0 fully saturated rings. The van der Waals surface area contributed by atoms with E-state index in [-0.39, 0.29) is 6.03 Å². The summed E-state index contributed by atoms with van der Waals surface area (Å²) < 4.78 is 1.11. The number of anilines is 1. The molecule has 0 unspecified atom stereocenters. The fourth-order valence-electron chi connectivity index (χ4n) is 3.14. The molecule has 2 amide bonds. The van der Waals surface area contributed by atoms with Gasteiger partial charge in [-0.25, -0.2) is 4.79 Å². The van der Waals surface area contributed by atoms with Crippen LogP contribution in [0.5, 0.6) is 0 Å². The molecule has 2 N–H and O–H groups in total. The van der Waals surface area contributed by atoms with E-state index in [2.05, 4.69) is 51.1 Å². The largest absolute Gasteiger partial charge is 0.357 e.